The quantitative estimate of drug-likeness (QED) is 0.156. The van der Waals surface area contributed by atoms with Crippen molar-refractivity contribution in [3.05, 3.63) is 207 Å². The van der Waals surface area contributed by atoms with Crippen molar-refractivity contribution in [3.63, 3.8) is 0 Å². The summed E-state index contributed by atoms with van der Waals surface area (Å²) in [6, 6.07) is 64.6. The average Bonchev–Trinajstić information content (AvgIpc) is 4.14. The Morgan fingerprint density at radius 1 is 0.354 bits per heavy atom. The average molecular weight is 867 g/mol. The van der Waals surface area contributed by atoms with Gasteiger partial charge in [0.2, 0.25) is 8.07 Å². The summed E-state index contributed by atoms with van der Waals surface area (Å²) >= 11 is 1.82. The van der Waals surface area contributed by atoms with Gasteiger partial charge in [-0.2, -0.15) is 0 Å². The predicted octanol–water partition coefficient (Wildman–Crippen LogP) is 11.1. The Bertz CT molecular complexity index is 3830. The Balaban J connectivity index is 1.10. The SMILES string of the molecule is c1ccc([Si](c2ccccc2)(c2nccc3c2oc2c(-n4c5ccccc5c5ncccc54)cccc23)c2nccc3c2sc2c(-n4c5ccccc5c5ncccc54)cccc23)cc1. The number of pyridine rings is 4. The van der Waals surface area contributed by atoms with Crippen LogP contribution in [0.2, 0.25) is 0 Å². The smallest absolute Gasteiger partial charge is 0.230 e. The molecule has 0 aliphatic carbocycles. The summed E-state index contributed by atoms with van der Waals surface area (Å²) in [5.41, 5.74) is 9.88. The summed E-state index contributed by atoms with van der Waals surface area (Å²) in [6.07, 6.45) is 7.72. The van der Waals surface area contributed by atoms with Crippen molar-refractivity contribution < 1.29 is 4.42 Å². The Morgan fingerprint density at radius 3 is 1.51 bits per heavy atom. The molecule has 0 radical (unpaired) electrons. The van der Waals surface area contributed by atoms with E-state index in [9.17, 15) is 0 Å². The van der Waals surface area contributed by atoms with E-state index in [1.165, 1.54) is 25.8 Å². The molecule has 14 aromatic rings. The van der Waals surface area contributed by atoms with Gasteiger partial charge in [0.25, 0.3) is 0 Å². The number of nitrogens with zero attached hydrogens (tertiary/aromatic N) is 6. The van der Waals surface area contributed by atoms with Gasteiger partial charge in [0.05, 0.1) is 64.5 Å². The van der Waals surface area contributed by atoms with Crippen molar-refractivity contribution in [2.24, 2.45) is 0 Å². The molecule has 0 atom stereocenters. The summed E-state index contributed by atoms with van der Waals surface area (Å²) in [7, 11) is -3.44. The molecule has 0 amide bonds. The number of hydrogen-bond acceptors (Lipinski definition) is 6. The molecule has 65 heavy (non-hydrogen) atoms. The van der Waals surface area contributed by atoms with E-state index in [1.807, 2.05) is 48.3 Å². The number of aromatic nitrogens is 6. The van der Waals surface area contributed by atoms with Crippen molar-refractivity contribution in [2.45, 2.75) is 0 Å². The van der Waals surface area contributed by atoms with E-state index in [4.69, 9.17) is 24.4 Å². The van der Waals surface area contributed by atoms with Crippen LogP contribution in [-0.4, -0.2) is 37.1 Å². The zero-order valence-corrected chi connectivity index (χ0v) is 36.4. The van der Waals surface area contributed by atoms with Gasteiger partial charge in [-0.05, 0) is 71.0 Å². The summed E-state index contributed by atoms with van der Waals surface area (Å²) in [5, 5.41) is 10.9. The molecule has 6 aromatic carbocycles. The van der Waals surface area contributed by atoms with Gasteiger partial charge in [-0.25, -0.2) is 0 Å². The number of hydrogen-bond donors (Lipinski definition) is 0. The van der Waals surface area contributed by atoms with Crippen LogP contribution in [0.5, 0.6) is 0 Å². The van der Waals surface area contributed by atoms with Crippen LogP contribution in [0.1, 0.15) is 0 Å². The highest BCUT2D eigenvalue weighted by Gasteiger charge is 2.48. The van der Waals surface area contributed by atoms with Gasteiger partial charge in [0, 0.05) is 57.1 Å². The fraction of sp³-hybridized carbons (Fsp3) is 0. The van der Waals surface area contributed by atoms with E-state index in [0.29, 0.717) is 0 Å². The minimum atomic E-state index is -3.44. The predicted molar refractivity (Wildman–Crippen MR) is 270 cm³/mol. The summed E-state index contributed by atoms with van der Waals surface area (Å²) in [4.78, 5) is 20.8. The summed E-state index contributed by atoms with van der Waals surface area (Å²) < 4.78 is 14.4. The lowest BCUT2D eigenvalue weighted by atomic mass is 10.1. The highest BCUT2D eigenvalue weighted by molar-refractivity contribution is 7.31. The molecule has 0 aliphatic rings. The molecule has 0 saturated heterocycles. The second-order valence-corrected chi connectivity index (χ2v) is 21.1. The van der Waals surface area contributed by atoms with E-state index < -0.39 is 8.07 Å². The zero-order chi connectivity index (χ0) is 42.6. The number of rotatable bonds is 6. The summed E-state index contributed by atoms with van der Waals surface area (Å²) in [6.45, 7) is 0. The van der Waals surface area contributed by atoms with Crippen molar-refractivity contribution in [2.75, 3.05) is 0 Å². The van der Waals surface area contributed by atoms with E-state index in [-0.39, 0.29) is 0 Å². The number of thiophene rings is 1. The second-order valence-electron chi connectivity index (χ2n) is 16.5. The van der Waals surface area contributed by atoms with Crippen LogP contribution in [0.4, 0.5) is 0 Å². The highest BCUT2D eigenvalue weighted by atomic mass is 32.1. The lowest BCUT2D eigenvalue weighted by Gasteiger charge is -2.32. The molecule has 9 heteroatoms. The van der Waals surface area contributed by atoms with Crippen LogP contribution in [0.3, 0.4) is 0 Å². The van der Waals surface area contributed by atoms with Gasteiger partial charge < -0.3 is 13.6 Å². The molecule has 0 bridgehead atoms. The van der Waals surface area contributed by atoms with Crippen LogP contribution in [0.15, 0.2) is 211 Å². The Hall–Kier alpha value is -8.24. The third-order valence-corrected chi connectivity index (χ3v) is 19.2. The van der Waals surface area contributed by atoms with Crippen LogP contribution < -0.4 is 21.0 Å². The number of para-hydroxylation sites is 3. The van der Waals surface area contributed by atoms with Gasteiger partial charge in [-0.3, -0.25) is 19.9 Å². The second kappa shape index (κ2) is 13.9. The first-order chi connectivity index (χ1) is 32.3. The molecular formula is C56H34N6OSSi. The maximum Gasteiger partial charge on any atom is 0.230 e. The Labute approximate surface area is 376 Å². The molecule has 304 valence electrons. The van der Waals surface area contributed by atoms with Gasteiger partial charge in [-0.15, -0.1) is 11.3 Å². The molecule has 0 unspecified atom stereocenters. The normalized spacial score (nSPS) is 12.3. The van der Waals surface area contributed by atoms with E-state index in [2.05, 4.69) is 179 Å². The van der Waals surface area contributed by atoms with Crippen LogP contribution >= 0.6 is 11.3 Å². The first-order valence-corrected chi connectivity index (χ1v) is 24.5. The topological polar surface area (TPSA) is 74.6 Å². The molecule has 8 heterocycles. The van der Waals surface area contributed by atoms with E-state index >= 15 is 0 Å². The number of benzene rings is 6. The zero-order valence-electron chi connectivity index (χ0n) is 34.6. The van der Waals surface area contributed by atoms with E-state index in [1.54, 1.807) is 0 Å². The molecule has 7 nitrogen and oxygen atoms in total. The number of fused-ring (bicyclic) bond motifs is 12. The maximum absolute atomic E-state index is 7.43. The third-order valence-electron chi connectivity index (χ3n) is 13.2. The summed E-state index contributed by atoms with van der Waals surface area (Å²) in [5.74, 6) is 0. The first-order valence-electron chi connectivity index (χ1n) is 21.7. The molecule has 14 rings (SSSR count). The van der Waals surface area contributed by atoms with Gasteiger partial charge in [0.1, 0.15) is 0 Å². The minimum absolute atomic E-state index is 0.770. The molecular weight excluding hydrogens is 833 g/mol. The lowest BCUT2D eigenvalue weighted by Crippen LogP contribution is -2.76. The molecule has 0 aliphatic heterocycles. The third kappa shape index (κ3) is 4.99. The molecule has 0 fully saturated rings. The molecule has 0 saturated carbocycles. The molecule has 0 spiro atoms. The standard InChI is InChI=1S/C56H34N6OSSi/c1-3-15-35(16-4-1)65(36-17-5-2-6-18-36,55-52-38(29-33-59-55)37-21-11-25-47(51(37)63-52)61-43-23-9-7-19-41(43)49-45(61)27-13-31-57-49)56-54-40(30-34-60-56)39-22-12-26-48(53(39)64-54)62-44-24-10-8-20-42(44)50-46(62)28-14-32-58-50/h1-34H. The van der Waals surface area contributed by atoms with Gasteiger partial charge >= 0.3 is 0 Å². The Kier molecular flexibility index (Phi) is 7.74. The van der Waals surface area contributed by atoms with E-state index in [0.717, 1.165) is 92.5 Å². The van der Waals surface area contributed by atoms with Crippen LogP contribution in [-0.2, 0) is 0 Å². The van der Waals surface area contributed by atoms with Crippen molar-refractivity contribution in [1.82, 2.24) is 29.1 Å². The van der Waals surface area contributed by atoms with Gasteiger partial charge in [-0.1, -0.05) is 121 Å². The fourth-order valence-electron chi connectivity index (χ4n) is 10.6. The van der Waals surface area contributed by atoms with Crippen LogP contribution in [0, 0.1) is 0 Å². The molecule has 0 N–H and O–H groups in total. The van der Waals surface area contributed by atoms with Crippen molar-refractivity contribution >= 4 is 126 Å². The Morgan fingerprint density at radius 2 is 0.846 bits per heavy atom. The highest BCUT2D eigenvalue weighted by Crippen LogP contribution is 2.41. The minimum Gasteiger partial charge on any atom is -0.452 e. The number of furan rings is 1. The largest absolute Gasteiger partial charge is 0.452 e. The van der Waals surface area contributed by atoms with Gasteiger partial charge in [0.15, 0.2) is 11.2 Å². The molecule has 8 aromatic heterocycles. The van der Waals surface area contributed by atoms with Crippen LogP contribution in [0.25, 0.3) is 97.4 Å². The van der Waals surface area contributed by atoms with Crippen molar-refractivity contribution in [1.29, 1.82) is 0 Å². The first kappa shape index (κ1) is 36.3. The monoisotopic (exact) mass is 866 g/mol. The lowest BCUT2D eigenvalue weighted by molar-refractivity contribution is 0.667. The van der Waals surface area contributed by atoms with Crippen molar-refractivity contribution in [3.8, 4) is 11.4 Å². The maximum atomic E-state index is 7.43. The fourth-order valence-corrected chi connectivity index (χ4v) is 17.0.